The number of carbonyl (C=O) groups is 2. The van der Waals surface area contributed by atoms with Crippen molar-refractivity contribution in [1.29, 1.82) is 0 Å². The van der Waals surface area contributed by atoms with Crippen molar-refractivity contribution >= 4 is 18.0 Å². The maximum atomic E-state index is 12.2. The Morgan fingerprint density at radius 3 is 2.50 bits per heavy atom. The number of hydrogen-bond acceptors (Lipinski definition) is 8. The van der Waals surface area contributed by atoms with Crippen LogP contribution in [0.3, 0.4) is 0 Å². The zero-order valence-electron chi connectivity index (χ0n) is 21.2. The predicted molar refractivity (Wildman–Crippen MR) is 142 cm³/mol. The maximum Gasteiger partial charge on any atom is 0.334 e. The van der Waals surface area contributed by atoms with Gasteiger partial charge in [0, 0.05) is 17.2 Å². The molecule has 0 spiro atoms. The second-order valence-electron chi connectivity index (χ2n) is 8.94. The zero-order chi connectivity index (χ0) is 27.5. The van der Waals surface area contributed by atoms with Crippen molar-refractivity contribution in [3.63, 3.8) is 0 Å². The van der Waals surface area contributed by atoms with E-state index in [0.717, 1.165) is 16.7 Å². The number of phenolic OH excluding ortho intramolecular Hbond substituents is 3. The molecule has 2 aromatic carbocycles. The average Bonchev–Trinajstić information content (AvgIpc) is 3.27. The van der Waals surface area contributed by atoms with Gasteiger partial charge < -0.3 is 29.9 Å². The Bertz CT molecular complexity index is 1250. The van der Waals surface area contributed by atoms with E-state index in [2.05, 4.69) is 0 Å². The molecule has 38 heavy (non-hydrogen) atoms. The molecule has 0 aromatic heterocycles. The number of aliphatic hydroxyl groups excluding tert-OH is 1. The molecule has 0 amide bonds. The van der Waals surface area contributed by atoms with Crippen LogP contribution in [-0.4, -0.2) is 45.6 Å². The molecule has 1 aliphatic heterocycles. The molecule has 1 aliphatic rings. The van der Waals surface area contributed by atoms with E-state index in [1.165, 1.54) is 36.4 Å². The Morgan fingerprint density at radius 2 is 1.76 bits per heavy atom. The largest absolute Gasteiger partial charge is 0.508 e. The van der Waals surface area contributed by atoms with Crippen LogP contribution in [0.5, 0.6) is 17.2 Å². The van der Waals surface area contributed by atoms with Gasteiger partial charge in [0.15, 0.2) is 0 Å². The minimum absolute atomic E-state index is 0.0314. The van der Waals surface area contributed by atoms with E-state index < -0.39 is 18.0 Å². The molecule has 1 heterocycles. The van der Waals surface area contributed by atoms with E-state index >= 15 is 0 Å². The number of allylic oxidation sites excluding steroid dienone is 2. The molecule has 3 rings (SSSR count). The van der Waals surface area contributed by atoms with Gasteiger partial charge in [0.25, 0.3) is 0 Å². The van der Waals surface area contributed by atoms with E-state index in [-0.39, 0.29) is 30.5 Å². The van der Waals surface area contributed by atoms with Crippen LogP contribution in [0.4, 0.5) is 0 Å². The summed E-state index contributed by atoms with van der Waals surface area (Å²) < 4.78 is 10.6. The first-order chi connectivity index (χ1) is 18.2. The van der Waals surface area contributed by atoms with Crippen LogP contribution in [-0.2, 0) is 19.1 Å². The molecule has 0 saturated heterocycles. The number of aromatic hydroxyl groups is 3. The van der Waals surface area contributed by atoms with Gasteiger partial charge in [-0.1, -0.05) is 24.3 Å². The molecule has 8 nitrogen and oxygen atoms in total. The SMILES string of the molecule is C/C(=C\CC/C(=C/CCC1=C[C@@H](c2cc(O)ccc2O)OC1=O)CO)COC(=O)/C=C\c1ccc(O)cc1. The van der Waals surface area contributed by atoms with Crippen molar-refractivity contribution in [2.24, 2.45) is 0 Å². The van der Waals surface area contributed by atoms with Gasteiger partial charge in [0.1, 0.15) is 30.0 Å². The van der Waals surface area contributed by atoms with Crippen molar-refractivity contribution in [1.82, 2.24) is 0 Å². The van der Waals surface area contributed by atoms with Gasteiger partial charge >= 0.3 is 11.9 Å². The summed E-state index contributed by atoms with van der Waals surface area (Å²) >= 11 is 0. The molecule has 200 valence electrons. The third kappa shape index (κ3) is 8.67. The molecular formula is C30H32O8. The van der Waals surface area contributed by atoms with Crippen molar-refractivity contribution in [3.8, 4) is 17.2 Å². The van der Waals surface area contributed by atoms with E-state index in [1.807, 2.05) is 19.1 Å². The van der Waals surface area contributed by atoms with Crippen molar-refractivity contribution in [2.75, 3.05) is 13.2 Å². The Labute approximate surface area is 221 Å². The lowest BCUT2D eigenvalue weighted by molar-refractivity contribution is -0.140. The fourth-order valence-corrected chi connectivity index (χ4v) is 3.81. The average molecular weight is 521 g/mol. The second-order valence-corrected chi connectivity index (χ2v) is 8.94. The molecule has 0 radical (unpaired) electrons. The number of benzene rings is 2. The summed E-state index contributed by atoms with van der Waals surface area (Å²) in [6.45, 7) is 1.91. The summed E-state index contributed by atoms with van der Waals surface area (Å²) in [5.41, 5.74) is 3.28. The standard InChI is InChI=1S/C30H32O8/c1-20(19-37-29(35)15-10-21-8-11-24(32)12-9-21)4-2-5-22(18-31)6-3-7-23-16-28(38-30(23)36)26-17-25(33)13-14-27(26)34/h4,6,8-17,28,31-34H,2-3,5,7,18-19H2,1H3/b15-10-,20-4+,22-6-/t28-/m0/s1. The highest BCUT2D eigenvalue weighted by Crippen LogP contribution is 2.36. The number of cyclic esters (lactones) is 1. The molecule has 2 aromatic rings. The Balaban J connectivity index is 1.42. The molecule has 0 bridgehead atoms. The third-order valence-corrected chi connectivity index (χ3v) is 5.92. The van der Waals surface area contributed by atoms with Crippen LogP contribution < -0.4 is 0 Å². The lowest BCUT2D eigenvalue weighted by Gasteiger charge is -2.10. The van der Waals surface area contributed by atoms with Gasteiger partial charge in [-0.2, -0.15) is 0 Å². The lowest BCUT2D eigenvalue weighted by Crippen LogP contribution is -2.03. The monoisotopic (exact) mass is 520 g/mol. The number of phenols is 3. The summed E-state index contributed by atoms with van der Waals surface area (Å²) in [6, 6.07) is 10.5. The summed E-state index contributed by atoms with van der Waals surface area (Å²) in [6.07, 6.45) is 9.88. The van der Waals surface area contributed by atoms with Gasteiger partial charge in [-0.15, -0.1) is 0 Å². The zero-order valence-corrected chi connectivity index (χ0v) is 21.2. The molecule has 4 N–H and O–H groups in total. The summed E-state index contributed by atoms with van der Waals surface area (Å²) in [5.74, 6) is -0.881. The number of ether oxygens (including phenoxy) is 2. The number of rotatable bonds is 12. The number of aliphatic hydroxyl groups is 1. The van der Waals surface area contributed by atoms with Crippen molar-refractivity contribution < 1.29 is 39.5 Å². The normalized spacial score (nSPS) is 16.0. The van der Waals surface area contributed by atoms with Gasteiger partial charge in [-0.05, 0) is 91.8 Å². The predicted octanol–water partition coefficient (Wildman–Crippen LogP) is 5.01. The van der Waals surface area contributed by atoms with Crippen LogP contribution in [0.25, 0.3) is 6.08 Å². The molecule has 1 atom stereocenters. The minimum Gasteiger partial charge on any atom is -0.508 e. The first-order valence-electron chi connectivity index (χ1n) is 12.3. The lowest BCUT2D eigenvalue weighted by atomic mass is 10.0. The molecule has 8 heteroatoms. The maximum absolute atomic E-state index is 12.2. The van der Waals surface area contributed by atoms with Crippen LogP contribution in [0.15, 0.2) is 83.5 Å². The van der Waals surface area contributed by atoms with Crippen LogP contribution in [0.1, 0.15) is 49.8 Å². The first kappa shape index (κ1) is 28.3. The molecule has 0 aliphatic carbocycles. The molecule has 0 fully saturated rings. The van der Waals surface area contributed by atoms with Gasteiger partial charge in [-0.25, -0.2) is 9.59 Å². The van der Waals surface area contributed by atoms with Crippen molar-refractivity contribution in [3.05, 3.63) is 94.6 Å². The highest BCUT2D eigenvalue weighted by molar-refractivity contribution is 5.91. The number of esters is 2. The van der Waals surface area contributed by atoms with E-state index in [1.54, 1.807) is 24.3 Å². The number of hydrogen-bond donors (Lipinski definition) is 4. The van der Waals surface area contributed by atoms with E-state index in [4.69, 9.17) is 9.47 Å². The van der Waals surface area contributed by atoms with Gasteiger partial charge in [0.2, 0.25) is 0 Å². The third-order valence-electron chi connectivity index (χ3n) is 5.92. The summed E-state index contributed by atoms with van der Waals surface area (Å²) in [4.78, 5) is 24.1. The minimum atomic E-state index is -0.753. The van der Waals surface area contributed by atoms with E-state index in [9.17, 15) is 30.0 Å². The highest BCUT2D eigenvalue weighted by atomic mass is 16.5. The molecule has 0 unspecified atom stereocenters. The van der Waals surface area contributed by atoms with Gasteiger partial charge in [-0.3, -0.25) is 0 Å². The number of carbonyl (C=O) groups excluding carboxylic acids is 2. The molecular weight excluding hydrogens is 488 g/mol. The summed E-state index contributed by atoms with van der Waals surface area (Å²) in [5, 5.41) is 38.6. The Morgan fingerprint density at radius 1 is 1.03 bits per heavy atom. The first-order valence-corrected chi connectivity index (χ1v) is 12.3. The second kappa shape index (κ2) is 13.9. The van der Waals surface area contributed by atoms with Crippen LogP contribution in [0, 0.1) is 0 Å². The Hall–Kier alpha value is -4.30. The molecule has 0 saturated carbocycles. The van der Waals surface area contributed by atoms with E-state index in [0.29, 0.717) is 36.8 Å². The van der Waals surface area contributed by atoms with Gasteiger partial charge in [0.05, 0.1) is 6.61 Å². The summed E-state index contributed by atoms with van der Waals surface area (Å²) in [7, 11) is 0. The fourth-order valence-electron chi connectivity index (χ4n) is 3.81. The quantitative estimate of drug-likeness (QED) is 0.133. The van der Waals surface area contributed by atoms with Crippen LogP contribution in [0.2, 0.25) is 0 Å². The van der Waals surface area contributed by atoms with Crippen LogP contribution >= 0.6 is 0 Å². The topological polar surface area (TPSA) is 134 Å². The van der Waals surface area contributed by atoms with Crippen molar-refractivity contribution in [2.45, 2.75) is 38.7 Å². The smallest absolute Gasteiger partial charge is 0.334 e. The fraction of sp³-hybridized carbons (Fsp3) is 0.267. The Kier molecular flexibility index (Phi) is 10.3. The highest BCUT2D eigenvalue weighted by Gasteiger charge is 2.28.